The lowest BCUT2D eigenvalue weighted by molar-refractivity contribution is -0.274. The van der Waals surface area contributed by atoms with E-state index < -0.39 is 24.0 Å². The summed E-state index contributed by atoms with van der Waals surface area (Å²) in [5, 5.41) is 9.02. The Morgan fingerprint density at radius 3 is 2.33 bits per heavy atom. The van der Waals surface area contributed by atoms with Gasteiger partial charge in [0.25, 0.3) is 0 Å². The van der Waals surface area contributed by atoms with Gasteiger partial charge in [-0.1, -0.05) is 0 Å². The molecule has 0 fully saturated rings. The Labute approximate surface area is 83.1 Å². The maximum Gasteiger partial charge on any atom is 0.573 e. The average Bonchev–Trinajstić information content (AvgIpc) is 1.99. The van der Waals surface area contributed by atoms with Crippen LogP contribution in [0.5, 0.6) is 5.75 Å². The minimum Gasteiger partial charge on any atom is -0.406 e. The fourth-order valence-electron chi connectivity index (χ4n) is 1.04. The molecule has 0 radical (unpaired) electrons. The van der Waals surface area contributed by atoms with Crippen LogP contribution in [-0.2, 0) is 0 Å². The molecular weight excluding hydrogens is 216 g/mol. The summed E-state index contributed by atoms with van der Waals surface area (Å²) in [5.41, 5.74) is -0.0791. The van der Waals surface area contributed by atoms with Gasteiger partial charge < -0.3 is 9.84 Å². The van der Waals surface area contributed by atoms with Crippen LogP contribution in [0.4, 0.5) is 17.6 Å². The zero-order valence-corrected chi connectivity index (χ0v) is 7.68. The van der Waals surface area contributed by atoms with Gasteiger partial charge in [0.05, 0.1) is 6.10 Å². The van der Waals surface area contributed by atoms with Crippen molar-refractivity contribution in [3.63, 3.8) is 0 Å². The standard InChI is InChI=1S/C9H8F4O2/c1-5(14)7-3-2-6(4-8(7)10)15-9(11,12)13/h2-5,14H,1H3. The van der Waals surface area contributed by atoms with E-state index >= 15 is 0 Å². The van der Waals surface area contributed by atoms with Gasteiger partial charge in [-0.05, 0) is 19.1 Å². The van der Waals surface area contributed by atoms with E-state index in [1.165, 1.54) is 6.92 Å². The Morgan fingerprint density at radius 1 is 1.33 bits per heavy atom. The summed E-state index contributed by atoms with van der Waals surface area (Å²) in [5.74, 6) is -1.59. The van der Waals surface area contributed by atoms with E-state index in [4.69, 9.17) is 5.11 Å². The molecule has 0 aliphatic carbocycles. The molecule has 1 aromatic carbocycles. The van der Waals surface area contributed by atoms with Crippen molar-refractivity contribution in [3.05, 3.63) is 29.6 Å². The first-order valence-corrected chi connectivity index (χ1v) is 4.03. The van der Waals surface area contributed by atoms with Gasteiger partial charge in [-0.2, -0.15) is 0 Å². The third-order valence-electron chi connectivity index (χ3n) is 1.66. The average molecular weight is 224 g/mol. The first kappa shape index (κ1) is 11.8. The summed E-state index contributed by atoms with van der Waals surface area (Å²) in [4.78, 5) is 0. The Morgan fingerprint density at radius 2 is 1.93 bits per heavy atom. The summed E-state index contributed by atoms with van der Waals surface area (Å²) >= 11 is 0. The SMILES string of the molecule is CC(O)c1ccc(OC(F)(F)F)cc1F. The minimum atomic E-state index is -4.85. The number of hydrogen-bond acceptors (Lipinski definition) is 2. The van der Waals surface area contributed by atoms with Gasteiger partial charge in [0.2, 0.25) is 0 Å². The molecule has 84 valence electrons. The van der Waals surface area contributed by atoms with Crippen LogP contribution in [0.2, 0.25) is 0 Å². The molecule has 0 bridgehead atoms. The third kappa shape index (κ3) is 3.39. The largest absolute Gasteiger partial charge is 0.573 e. The molecule has 15 heavy (non-hydrogen) atoms. The fraction of sp³-hybridized carbons (Fsp3) is 0.333. The highest BCUT2D eigenvalue weighted by Gasteiger charge is 2.31. The molecule has 1 N–H and O–H groups in total. The van der Waals surface area contributed by atoms with Crippen molar-refractivity contribution in [3.8, 4) is 5.75 Å². The molecule has 0 aliphatic rings. The molecular formula is C9H8F4O2. The quantitative estimate of drug-likeness (QED) is 0.782. The Balaban J connectivity index is 2.92. The molecule has 1 unspecified atom stereocenters. The second-order valence-electron chi connectivity index (χ2n) is 2.91. The first-order chi connectivity index (χ1) is 6.79. The van der Waals surface area contributed by atoms with Gasteiger partial charge in [-0.15, -0.1) is 13.2 Å². The Bertz CT molecular complexity index is 346. The smallest absolute Gasteiger partial charge is 0.406 e. The molecule has 0 aromatic heterocycles. The highest BCUT2D eigenvalue weighted by Crippen LogP contribution is 2.26. The second-order valence-corrected chi connectivity index (χ2v) is 2.91. The Kier molecular flexibility index (Phi) is 3.18. The molecule has 0 amide bonds. The highest BCUT2D eigenvalue weighted by atomic mass is 19.4. The lowest BCUT2D eigenvalue weighted by atomic mass is 10.1. The van der Waals surface area contributed by atoms with E-state index in [1.807, 2.05) is 0 Å². The monoisotopic (exact) mass is 224 g/mol. The van der Waals surface area contributed by atoms with Crippen LogP contribution in [-0.4, -0.2) is 11.5 Å². The summed E-state index contributed by atoms with van der Waals surface area (Å²) in [6.07, 6.45) is -5.93. The highest BCUT2D eigenvalue weighted by molar-refractivity contribution is 5.30. The predicted molar refractivity (Wildman–Crippen MR) is 43.7 cm³/mol. The van der Waals surface area contributed by atoms with Crippen LogP contribution in [0.3, 0.4) is 0 Å². The van der Waals surface area contributed by atoms with Gasteiger partial charge >= 0.3 is 6.36 Å². The topological polar surface area (TPSA) is 29.5 Å². The number of rotatable bonds is 2. The van der Waals surface area contributed by atoms with Gasteiger partial charge in [0.1, 0.15) is 11.6 Å². The van der Waals surface area contributed by atoms with Crippen molar-refractivity contribution in [1.29, 1.82) is 0 Å². The number of halogens is 4. The van der Waals surface area contributed by atoms with Gasteiger partial charge in [0, 0.05) is 11.6 Å². The molecule has 0 saturated heterocycles. The van der Waals surface area contributed by atoms with E-state index in [0.717, 1.165) is 12.1 Å². The Hall–Kier alpha value is -1.30. The van der Waals surface area contributed by atoms with Crippen molar-refractivity contribution in [2.45, 2.75) is 19.4 Å². The molecule has 0 heterocycles. The summed E-state index contributed by atoms with van der Waals surface area (Å²) < 4.78 is 51.8. The lowest BCUT2D eigenvalue weighted by Gasteiger charge is -2.11. The van der Waals surface area contributed by atoms with E-state index in [0.29, 0.717) is 6.07 Å². The molecule has 2 nitrogen and oxygen atoms in total. The molecule has 6 heteroatoms. The normalized spacial score (nSPS) is 13.7. The third-order valence-corrected chi connectivity index (χ3v) is 1.66. The zero-order chi connectivity index (χ0) is 11.6. The van der Waals surface area contributed by atoms with Crippen LogP contribution in [0.25, 0.3) is 0 Å². The summed E-state index contributed by atoms with van der Waals surface area (Å²) in [6.45, 7) is 1.31. The molecule has 0 saturated carbocycles. The van der Waals surface area contributed by atoms with Gasteiger partial charge in [-0.25, -0.2) is 4.39 Å². The van der Waals surface area contributed by atoms with Crippen molar-refractivity contribution in [2.75, 3.05) is 0 Å². The zero-order valence-electron chi connectivity index (χ0n) is 7.68. The maximum atomic E-state index is 13.1. The number of aliphatic hydroxyl groups is 1. The van der Waals surface area contributed by atoms with Crippen molar-refractivity contribution < 1.29 is 27.4 Å². The van der Waals surface area contributed by atoms with Crippen molar-refractivity contribution in [2.24, 2.45) is 0 Å². The number of hydrogen-bond donors (Lipinski definition) is 1. The fourth-order valence-corrected chi connectivity index (χ4v) is 1.04. The van der Waals surface area contributed by atoms with Crippen molar-refractivity contribution in [1.82, 2.24) is 0 Å². The molecule has 1 atom stereocenters. The van der Waals surface area contributed by atoms with Gasteiger partial charge in [-0.3, -0.25) is 0 Å². The molecule has 0 spiro atoms. The van der Waals surface area contributed by atoms with Crippen LogP contribution >= 0.6 is 0 Å². The number of aliphatic hydroxyl groups excluding tert-OH is 1. The van der Waals surface area contributed by atoms with E-state index in [1.54, 1.807) is 0 Å². The first-order valence-electron chi connectivity index (χ1n) is 4.03. The lowest BCUT2D eigenvalue weighted by Crippen LogP contribution is -2.17. The van der Waals surface area contributed by atoms with E-state index in [2.05, 4.69) is 4.74 Å². The van der Waals surface area contributed by atoms with E-state index in [-0.39, 0.29) is 5.56 Å². The number of ether oxygens (including phenoxy) is 1. The van der Waals surface area contributed by atoms with Crippen LogP contribution in [0.15, 0.2) is 18.2 Å². The minimum absolute atomic E-state index is 0.0791. The molecule has 1 aromatic rings. The van der Waals surface area contributed by atoms with Crippen LogP contribution in [0, 0.1) is 5.82 Å². The maximum absolute atomic E-state index is 13.1. The second kappa shape index (κ2) is 4.06. The van der Waals surface area contributed by atoms with Crippen LogP contribution in [0.1, 0.15) is 18.6 Å². The van der Waals surface area contributed by atoms with Gasteiger partial charge in [0.15, 0.2) is 0 Å². The number of alkyl halides is 3. The predicted octanol–water partition coefficient (Wildman–Crippen LogP) is 2.78. The van der Waals surface area contributed by atoms with Crippen molar-refractivity contribution >= 4 is 0 Å². The summed E-state index contributed by atoms with van der Waals surface area (Å²) in [6, 6.07) is 2.56. The molecule has 1 rings (SSSR count). The molecule has 0 aliphatic heterocycles. The number of benzene rings is 1. The van der Waals surface area contributed by atoms with E-state index in [9.17, 15) is 17.6 Å². The van der Waals surface area contributed by atoms with Crippen LogP contribution < -0.4 is 4.74 Å². The summed E-state index contributed by atoms with van der Waals surface area (Å²) in [7, 11) is 0.